The molecule has 2 aliphatic heterocycles. The number of nitriles is 1. The Labute approximate surface area is 240 Å². The SMILES string of the molecule is COc1cc2c(N3CCN(C(=O)Nc4ccc(C#N)cc4)CC3)c(C=O)cnc2cc1OCCCN1CCCCC1. The van der Waals surface area contributed by atoms with Crippen molar-refractivity contribution < 1.29 is 19.1 Å². The lowest BCUT2D eigenvalue weighted by Crippen LogP contribution is -2.50. The van der Waals surface area contributed by atoms with Gasteiger partial charge in [0, 0.05) is 56.1 Å². The van der Waals surface area contributed by atoms with Crippen LogP contribution in [0.15, 0.2) is 42.6 Å². The molecule has 41 heavy (non-hydrogen) atoms. The van der Waals surface area contributed by atoms with Gasteiger partial charge in [-0.25, -0.2) is 4.79 Å². The van der Waals surface area contributed by atoms with E-state index in [1.807, 2.05) is 12.1 Å². The minimum absolute atomic E-state index is 0.201. The first-order chi connectivity index (χ1) is 20.1. The number of nitrogens with one attached hydrogen (secondary N) is 1. The van der Waals surface area contributed by atoms with E-state index in [0.717, 1.165) is 35.8 Å². The normalized spacial score (nSPS) is 15.8. The number of likely N-dealkylation sites (tertiary alicyclic amines) is 1. The molecule has 1 N–H and O–H groups in total. The number of methoxy groups -OCH3 is 1. The van der Waals surface area contributed by atoms with Crippen molar-refractivity contribution in [2.24, 2.45) is 0 Å². The Bertz CT molecular complexity index is 1410. The quantitative estimate of drug-likeness (QED) is 0.302. The zero-order valence-electron chi connectivity index (χ0n) is 23.5. The van der Waals surface area contributed by atoms with Crippen LogP contribution in [0, 0.1) is 11.3 Å². The minimum Gasteiger partial charge on any atom is -0.493 e. The molecule has 0 aliphatic carbocycles. The van der Waals surface area contributed by atoms with Crippen molar-refractivity contribution in [1.82, 2.24) is 14.8 Å². The highest BCUT2D eigenvalue weighted by atomic mass is 16.5. The average molecular weight is 557 g/mol. The summed E-state index contributed by atoms with van der Waals surface area (Å²) in [5.74, 6) is 1.24. The highest BCUT2D eigenvalue weighted by molar-refractivity contribution is 6.02. The fourth-order valence-corrected chi connectivity index (χ4v) is 5.53. The van der Waals surface area contributed by atoms with Gasteiger partial charge in [0.1, 0.15) is 0 Å². The van der Waals surface area contributed by atoms with E-state index in [-0.39, 0.29) is 6.03 Å². The van der Waals surface area contributed by atoms with Crippen molar-refractivity contribution >= 4 is 34.6 Å². The van der Waals surface area contributed by atoms with Gasteiger partial charge in [-0.2, -0.15) is 5.26 Å². The Balaban J connectivity index is 1.26. The molecular formula is C31H36N6O4. The number of benzene rings is 2. The van der Waals surface area contributed by atoms with Crippen LogP contribution >= 0.6 is 0 Å². The third-order valence-corrected chi connectivity index (χ3v) is 7.75. The van der Waals surface area contributed by atoms with Crippen LogP contribution < -0.4 is 19.7 Å². The maximum Gasteiger partial charge on any atom is 0.321 e. The van der Waals surface area contributed by atoms with Crippen LogP contribution in [0.4, 0.5) is 16.2 Å². The van der Waals surface area contributed by atoms with Crippen molar-refractivity contribution in [3.05, 3.63) is 53.7 Å². The molecule has 0 saturated carbocycles. The molecule has 3 aromatic rings. The Morgan fingerprint density at radius 2 is 1.80 bits per heavy atom. The number of aldehydes is 1. The van der Waals surface area contributed by atoms with E-state index in [4.69, 9.17) is 14.7 Å². The van der Waals surface area contributed by atoms with E-state index in [0.29, 0.717) is 61.1 Å². The van der Waals surface area contributed by atoms with Crippen molar-refractivity contribution in [3.63, 3.8) is 0 Å². The molecule has 2 amide bonds. The number of hydrogen-bond donors (Lipinski definition) is 1. The number of carbonyl (C=O) groups is 2. The monoisotopic (exact) mass is 556 g/mol. The van der Waals surface area contributed by atoms with Crippen LogP contribution in [0.5, 0.6) is 11.5 Å². The summed E-state index contributed by atoms with van der Waals surface area (Å²) in [5, 5.41) is 12.7. The number of urea groups is 1. The number of ether oxygens (including phenoxy) is 2. The van der Waals surface area contributed by atoms with Crippen LogP contribution in [0.1, 0.15) is 41.6 Å². The van der Waals surface area contributed by atoms with Crippen molar-refractivity contribution in [3.8, 4) is 17.6 Å². The van der Waals surface area contributed by atoms with Crippen LogP contribution in [0.3, 0.4) is 0 Å². The van der Waals surface area contributed by atoms with E-state index in [9.17, 15) is 9.59 Å². The zero-order valence-corrected chi connectivity index (χ0v) is 23.5. The average Bonchev–Trinajstić information content (AvgIpc) is 3.03. The minimum atomic E-state index is -0.201. The van der Waals surface area contributed by atoms with Gasteiger partial charge < -0.3 is 29.5 Å². The Kier molecular flexibility index (Phi) is 9.16. The summed E-state index contributed by atoms with van der Waals surface area (Å²) in [6.45, 7) is 6.03. The zero-order chi connectivity index (χ0) is 28.6. The summed E-state index contributed by atoms with van der Waals surface area (Å²) >= 11 is 0. The number of rotatable bonds is 9. The number of piperidine rings is 1. The second-order valence-corrected chi connectivity index (χ2v) is 10.4. The Morgan fingerprint density at radius 1 is 1.05 bits per heavy atom. The van der Waals surface area contributed by atoms with E-state index in [1.165, 1.54) is 32.4 Å². The molecule has 10 heteroatoms. The second-order valence-electron chi connectivity index (χ2n) is 10.4. The van der Waals surface area contributed by atoms with Crippen LogP contribution in [0.2, 0.25) is 0 Å². The van der Waals surface area contributed by atoms with E-state index >= 15 is 0 Å². The van der Waals surface area contributed by atoms with Gasteiger partial charge in [-0.3, -0.25) is 9.78 Å². The fraction of sp³-hybridized carbons (Fsp3) is 0.419. The molecule has 0 unspecified atom stereocenters. The molecule has 2 saturated heterocycles. The molecular weight excluding hydrogens is 520 g/mol. The predicted molar refractivity (Wildman–Crippen MR) is 158 cm³/mol. The first-order valence-electron chi connectivity index (χ1n) is 14.2. The van der Waals surface area contributed by atoms with Crippen LogP contribution in [0.25, 0.3) is 10.9 Å². The summed E-state index contributed by atoms with van der Waals surface area (Å²) in [6.07, 6.45) is 7.23. The van der Waals surface area contributed by atoms with Gasteiger partial charge in [0.05, 0.1) is 42.1 Å². The summed E-state index contributed by atoms with van der Waals surface area (Å²) in [7, 11) is 1.61. The molecule has 2 fully saturated rings. The highest BCUT2D eigenvalue weighted by Crippen LogP contribution is 2.38. The number of piperazine rings is 1. The maximum atomic E-state index is 12.9. The van der Waals surface area contributed by atoms with Gasteiger partial charge in [0.2, 0.25) is 0 Å². The lowest BCUT2D eigenvalue weighted by Gasteiger charge is -2.37. The number of fused-ring (bicyclic) bond motifs is 1. The molecule has 3 heterocycles. The highest BCUT2D eigenvalue weighted by Gasteiger charge is 2.25. The largest absolute Gasteiger partial charge is 0.493 e. The number of aromatic nitrogens is 1. The smallest absolute Gasteiger partial charge is 0.321 e. The number of nitrogens with zero attached hydrogens (tertiary/aromatic N) is 5. The van der Waals surface area contributed by atoms with Crippen LogP contribution in [-0.4, -0.2) is 86.6 Å². The number of carbonyl (C=O) groups excluding carboxylic acids is 2. The number of hydrogen-bond acceptors (Lipinski definition) is 8. The van der Waals surface area contributed by atoms with Crippen molar-refractivity contribution in [2.45, 2.75) is 25.7 Å². The summed E-state index contributed by atoms with van der Waals surface area (Å²) in [4.78, 5) is 35.8. The van der Waals surface area contributed by atoms with E-state index in [1.54, 1.807) is 42.5 Å². The van der Waals surface area contributed by atoms with Crippen LogP contribution in [-0.2, 0) is 0 Å². The predicted octanol–water partition coefficient (Wildman–Crippen LogP) is 4.54. The Hall–Kier alpha value is -4.36. The first kappa shape index (κ1) is 28.2. The molecule has 0 atom stereocenters. The molecule has 5 rings (SSSR count). The molecule has 2 aliphatic rings. The van der Waals surface area contributed by atoms with Crippen molar-refractivity contribution in [2.75, 3.05) is 69.7 Å². The van der Waals surface area contributed by atoms with Gasteiger partial charge in [0.15, 0.2) is 17.8 Å². The lowest BCUT2D eigenvalue weighted by atomic mass is 10.1. The second kappa shape index (κ2) is 13.3. The number of amides is 2. The topological polar surface area (TPSA) is 111 Å². The van der Waals surface area contributed by atoms with E-state index < -0.39 is 0 Å². The standard InChI is InChI=1S/C31H36N6O4/c1-40-28-18-26-27(19-29(28)41-17-5-12-35-10-3-2-4-11-35)33-21-24(22-38)30(26)36-13-15-37(16-14-36)31(39)34-25-8-6-23(20-32)7-9-25/h6-9,18-19,21-22H,2-5,10-17H2,1H3,(H,34,39). The van der Waals surface area contributed by atoms with Gasteiger partial charge in [-0.15, -0.1) is 0 Å². The summed E-state index contributed by atoms with van der Waals surface area (Å²) in [6, 6.07) is 12.4. The Morgan fingerprint density at radius 3 is 2.49 bits per heavy atom. The van der Waals surface area contributed by atoms with Crippen molar-refractivity contribution in [1.29, 1.82) is 5.26 Å². The lowest BCUT2D eigenvalue weighted by molar-refractivity contribution is 0.112. The molecule has 0 spiro atoms. The number of anilines is 2. The molecule has 0 bridgehead atoms. The third-order valence-electron chi connectivity index (χ3n) is 7.75. The first-order valence-corrected chi connectivity index (χ1v) is 14.2. The van der Waals surface area contributed by atoms with E-state index in [2.05, 4.69) is 26.2 Å². The van der Waals surface area contributed by atoms with Gasteiger partial charge in [-0.1, -0.05) is 6.42 Å². The molecule has 2 aromatic carbocycles. The van der Waals surface area contributed by atoms with Gasteiger partial charge in [0.25, 0.3) is 0 Å². The molecule has 1 aromatic heterocycles. The third kappa shape index (κ3) is 6.69. The maximum absolute atomic E-state index is 12.9. The fourth-order valence-electron chi connectivity index (χ4n) is 5.53. The molecule has 214 valence electrons. The number of pyridine rings is 1. The van der Waals surface area contributed by atoms with Gasteiger partial charge >= 0.3 is 6.03 Å². The summed E-state index contributed by atoms with van der Waals surface area (Å²) < 4.78 is 11.8. The molecule has 10 nitrogen and oxygen atoms in total. The van der Waals surface area contributed by atoms with Gasteiger partial charge in [-0.05, 0) is 62.7 Å². The summed E-state index contributed by atoms with van der Waals surface area (Å²) in [5.41, 5.74) is 3.17. The molecule has 0 radical (unpaired) electrons.